The lowest BCUT2D eigenvalue weighted by Crippen LogP contribution is -2.30. The second-order valence-corrected chi connectivity index (χ2v) is 6.13. The Hall–Kier alpha value is -2.21. The Balaban J connectivity index is 1.61. The molecular formula is C17H22N4O2. The first-order valence-corrected chi connectivity index (χ1v) is 7.96. The normalized spacial score (nSPS) is 20.9. The molecule has 122 valence electrons. The number of nitrogens with zero attached hydrogens (tertiary/aromatic N) is 4. The Kier molecular flexibility index (Phi) is 4.71. The number of amides is 1. The van der Waals surface area contributed by atoms with Crippen molar-refractivity contribution in [2.75, 3.05) is 19.7 Å². The van der Waals surface area contributed by atoms with Gasteiger partial charge in [-0.25, -0.2) is 0 Å². The maximum Gasteiger partial charge on any atom is 0.224 e. The lowest BCUT2D eigenvalue weighted by Gasteiger charge is -2.16. The minimum atomic E-state index is 0.0563. The van der Waals surface area contributed by atoms with Crippen molar-refractivity contribution >= 4 is 5.91 Å². The third kappa shape index (κ3) is 3.59. The molecule has 1 aliphatic rings. The number of aliphatic hydroxyl groups is 1. The lowest BCUT2D eigenvalue weighted by molar-refractivity contribution is -0.130. The van der Waals surface area contributed by atoms with Crippen LogP contribution in [0.4, 0.5) is 0 Å². The monoisotopic (exact) mass is 314 g/mol. The number of aliphatic hydroxyl groups excluding tert-OH is 1. The summed E-state index contributed by atoms with van der Waals surface area (Å²) < 4.78 is 1.79. The molecule has 3 heterocycles. The molecule has 1 fully saturated rings. The van der Waals surface area contributed by atoms with Crippen LogP contribution in [0.15, 0.2) is 36.8 Å². The summed E-state index contributed by atoms with van der Waals surface area (Å²) in [5.74, 6) is 0.271. The minimum Gasteiger partial charge on any atom is -0.396 e. The minimum absolute atomic E-state index is 0.0563. The number of carbonyl (C=O) groups is 1. The van der Waals surface area contributed by atoms with E-state index in [1.165, 1.54) is 0 Å². The van der Waals surface area contributed by atoms with Gasteiger partial charge in [-0.2, -0.15) is 5.10 Å². The molecule has 2 atom stereocenters. The van der Waals surface area contributed by atoms with Crippen molar-refractivity contribution in [3.8, 4) is 0 Å². The number of hydrogen-bond donors (Lipinski definition) is 1. The standard InChI is InChI=1S/C17H22N4O2/c1-13-8-19-21(9-13)7-5-17(23)20-10-14(12-22)15(11-20)16-4-2-3-6-18-16/h2-4,6,8-9,14-15,22H,5,7,10-12H2,1H3/t14-,15+/m0/s1. The van der Waals surface area contributed by atoms with E-state index in [1.54, 1.807) is 17.1 Å². The summed E-state index contributed by atoms with van der Waals surface area (Å²) in [6.45, 7) is 3.85. The van der Waals surface area contributed by atoms with Crippen LogP contribution in [-0.4, -0.2) is 50.4 Å². The van der Waals surface area contributed by atoms with Crippen LogP contribution in [-0.2, 0) is 11.3 Å². The van der Waals surface area contributed by atoms with Crippen molar-refractivity contribution < 1.29 is 9.90 Å². The number of rotatable bonds is 5. The predicted octanol–water partition coefficient (Wildman–Crippen LogP) is 1.21. The Labute approximate surface area is 135 Å². The van der Waals surface area contributed by atoms with Crippen LogP contribution >= 0.6 is 0 Å². The summed E-state index contributed by atoms with van der Waals surface area (Å²) in [6, 6.07) is 5.79. The van der Waals surface area contributed by atoms with E-state index < -0.39 is 0 Å². The van der Waals surface area contributed by atoms with Gasteiger partial charge in [-0.15, -0.1) is 0 Å². The zero-order valence-electron chi connectivity index (χ0n) is 13.3. The molecule has 1 saturated heterocycles. The maximum atomic E-state index is 12.4. The van der Waals surface area contributed by atoms with Gasteiger partial charge in [0.05, 0.1) is 6.20 Å². The van der Waals surface area contributed by atoms with Crippen molar-refractivity contribution in [3.05, 3.63) is 48.0 Å². The molecule has 0 aromatic carbocycles. The first-order valence-electron chi connectivity index (χ1n) is 7.96. The van der Waals surface area contributed by atoms with Gasteiger partial charge in [0.2, 0.25) is 5.91 Å². The van der Waals surface area contributed by atoms with E-state index in [-0.39, 0.29) is 24.3 Å². The average Bonchev–Trinajstić information content (AvgIpc) is 3.19. The van der Waals surface area contributed by atoms with E-state index in [9.17, 15) is 9.90 Å². The zero-order valence-corrected chi connectivity index (χ0v) is 13.3. The van der Waals surface area contributed by atoms with Crippen LogP contribution in [0.5, 0.6) is 0 Å². The van der Waals surface area contributed by atoms with Crippen molar-refractivity contribution in [1.82, 2.24) is 19.7 Å². The molecular weight excluding hydrogens is 292 g/mol. The van der Waals surface area contributed by atoms with Crippen LogP contribution in [0.3, 0.4) is 0 Å². The fourth-order valence-corrected chi connectivity index (χ4v) is 3.15. The van der Waals surface area contributed by atoms with Gasteiger partial charge in [-0.05, 0) is 24.6 Å². The fourth-order valence-electron chi connectivity index (χ4n) is 3.15. The topological polar surface area (TPSA) is 71.2 Å². The van der Waals surface area contributed by atoms with Crippen LogP contribution < -0.4 is 0 Å². The van der Waals surface area contributed by atoms with Crippen LogP contribution in [0.2, 0.25) is 0 Å². The molecule has 1 aliphatic heterocycles. The molecule has 2 aromatic heterocycles. The summed E-state index contributed by atoms with van der Waals surface area (Å²) in [6.07, 6.45) is 5.91. The van der Waals surface area contributed by atoms with Gasteiger partial charge in [0.1, 0.15) is 0 Å². The maximum absolute atomic E-state index is 12.4. The van der Waals surface area contributed by atoms with Gasteiger partial charge >= 0.3 is 0 Å². The van der Waals surface area contributed by atoms with Gasteiger partial charge in [-0.1, -0.05) is 6.07 Å². The Morgan fingerprint density at radius 1 is 1.39 bits per heavy atom. The number of likely N-dealkylation sites (tertiary alicyclic amines) is 1. The molecule has 23 heavy (non-hydrogen) atoms. The number of hydrogen-bond acceptors (Lipinski definition) is 4. The molecule has 1 amide bonds. The molecule has 6 heteroatoms. The largest absolute Gasteiger partial charge is 0.396 e. The summed E-state index contributed by atoms with van der Waals surface area (Å²) in [5.41, 5.74) is 2.04. The number of pyridine rings is 1. The first-order chi connectivity index (χ1) is 11.2. The molecule has 6 nitrogen and oxygen atoms in total. The second-order valence-electron chi connectivity index (χ2n) is 6.13. The molecule has 0 unspecified atom stereocenters. The highest BCUT2D eigenvalue weighted by atomic mass is 16.3. The predicted molar refractivity (Wildman–Crippen MR) is 85.7 cm³/mol. The molecule has 0 aliphatic carbocycles. The van der Waals surface area contributed by atoms with Crippen molar-refractivity contribution in [1.29, 1.82) is 0 Å². The summed E-state index contributed by atoms with van der Waals surface area (Å²) in [5, 5.41) is 13.8. The summed E-state index contributed by atoms with van der Waals surface area (Å²) >= 11 is 0. The molecule has 0 bridgehead atoms. The smallest absolute Gasteiger partial charge is 0.224 e. The number of carbonyl (C=O) groups excluding carboxylic acids is 1. The van der Waals surface area contributed by atoms with Gasteiger partial charge in [0.25, 0.3) is 0 Å². The highest BCUT2D eigenvalue weighted by molar-refractivity contribution is 5.76. The van der Waals surface area contributed by atoms with Gasteiger partial charge < -0.3 is 10.0 Å². The lowest BCUT2D eigenvalue weighted by atomic mass is 9.93. The molecule has 2 aromatic rings. The first kappa shape index (κ1) is 15.7. The highest BCUT2D eigenvalue weighted by Gasteiger charge is 2.36. The van der Waals surface area contributed by atoms with E-state index in [4.69, 9.17) is 0 Å². The zero-order chi connectivity index (χ0) is 16.2. The summed E-state index contributed by atoms with van der Waals surface area (Å²) in [7, 11) is 0. The number of aryl methyl sites for hydroxylation is 2. The van der Waals surface area contributed by atoms with Gasteiger partial charge in [0.15, 0.2) is 0 Å². The Bertz CT molecular complexity index is 656. The third-order valence-electron chi connectivity index (χ3n) is 4.41. The van der Waals surface area contributed by atoms with E-state index in [0.29, 0.717) is 26.1 Å². The van der Waals surface area contributed by atoms with E-state index in [0.717, 1.165) is 11.3 Å². The van der Waals surface area contributed by atoms with Crippen molar-refractivity contribution in [2.45, 2.75) is 25.8 Å². The van der Waals surface area contributed by atoms with E-state index in [1.807, 2.05) is 36.2 Å². The Morgan fingerprint density at radius 2 is 2.26 bits per heavy atom. The molecule has 0 saturated carbocycles. The SMILES string of the molecule is Cc1cnn(CCC(=O)N2C[C@@H](CO)[C@H](c3ccccn3)C2)c1. The van der Waals surface area contributed by atoms with Crippen LogP contribution in [0.25, 0.3) is 0 Å². The van der Waals surface area contributed by atoms with Gasteiger partial charge in [-0.3, -0.25) is 14.5 Å². The molecule has 1 N–H and O–H groups in total. The van der Waals surface area contributed by atoms with E-state index >= 15 is 0 Å². The molecule has 0 spiro atoms. The van der Waals surface area contributed by atoms with Crippen molar-refractivity contribution in [3.63, 3.8) is 0 Å². The fraction of sp³-hybridized carbons (Fsp3) is 0.471. The molecule has 3 rings (SSSR count). The van der Waals surface area contributed by atoms with Crippen LogP contribution in [0.1, 0.15) is 23.6 Å². The average molecular weight is 314 g/mol. The highest BCUT2D eigenvalue weighted by Crippen LogP contribution is 2.31. The summed E-state index contributed by atoms with van der Waals surface area (Å²) in [4.78, 5) is 18.7. The second kappa shape index (κ2) is 6.91. The molecule has 0 radical (unpaired) electrons. The third-order valence-corrected chi connectivity index (χ3v) is 4.41. The van der Waals surface area contributed by atoms with E-state index in [2.05, 4.69) is 10.1 Å². The van der Waals surface area contributed by atoms with Gasteiger partial charge in [0, 0.05) is 62.6 Å². The Morgan fingerprint density at radius 3 is 2.91 bits per heavy atom. The van der Waals surface area contributed by atoms with Crippen LogP contribution in [0, 0.1) is 12.8 Å². The quantitative estimate of drug-likeness (QED) is 0.900. The number of aromatic nitrogens is 3. The van der Waals surface area contributed by atoms with Crippen molar-refractivity contribution in [2.24, 2.45) is 5.92 Å².